The van der Waals surface area contributed by atoms with E-state index in [0.717, 1.165) is 4.31 Å². The van der Waals surface area contributed by atoms with E-state index >= 15 is 0 Å². The quantitative estimate of drug-likeness (QED) is 0.725. The normalized spacial score (nSPS) is 19.1. The minimum Gasteiger partial charge on any atom is -0.480 e. The van der Waals surface area contributed by atoms with Crippen molar-refractivity contribution < 1.29 is 18.3 Å². The zero-order chi connectivity index (χ0) is 16.1. The smallest absolute Gasteiger partial charge is 0.322 e. The zero-order valence-corrected chi connectivity index (χ0v) is 12.8. The Kier molecular flexibility index (Phi) is 3.29. The van der Waals surface area contributed by atoms with Crippen molar-refractivity contribution in [2.45, 2.75) is 37.8 Å². The summed E-state index contributed by atoms with van der Waals surface area (Å²) in [5.74, 6) is -1.20. The standard InChI is InChI=1S/C12H15N5O4S/c1-6-11(7(2)16-15-6)22(20,21)17-4-9-8(13-5-14-9)3-10(17)12(18)19/h5,10H,3-4H2,1-2H3,(H,13,14)(H,15,16)(H,18,19). The third-order valence-electron chi connectivity index (χ3n) is 3.77. The summed E-state index contributed by atoms with van der Waals surface area (Å²) in [4.78, 5) is 18.4. The molecule has 3 rings (SSSR count). The average molecular weight is 325 g/mol. The Hall–Kier alpha value is -2.20. The highest BCUT2D eigenvalue weighted by atomic mass is 32.2. The molecule has 1 atom stereocenters. The number of carboxylic acid groups (broad SMARTS) is 1. The molecule has 0 saturated heterocycles. The van der Waals surface area contributed by atoms with Crippen molar-refractivity contribution in [2.24, 2.45) is 0 Å². The fraction of sp³-hybridized carbons (Fsp3) is 0.417. The van der Waals surface area contributed by atoms with Gasteiger partial charge in [0.1, 0.15) is 10.9 Å². The molecule has 10 heteroatoms. The molecule has 1 unspecified atom stereocenters. The third kappa shape index (κ3) is 2.11. The van der Waals surface area contributed by atoms with Crippen molar-refractivity contribution in [1.82, 2.24) is 24.5 Å². The summed E-state index contributed by atoms with van der Waals surface area (Å²) in [5.41, 5.74) is 1.90. The Morgan fingerprint density at radius 1 is 1.45 bits per heavy atom. The van der Waals surface area contributed by atoms with E-state index in [-0.39, 0.29) is 17.9 Å². The van der Waals surface area contributed by atoms with Gasteiger partial charge in [-0.15, -0.1) is 0 Å². The van der Waals surface area contributed by atoms with Crippen molar-refractivity contribution in [1.29, 1.82) is 0 Å². The number of nitrogens with zero attached hydrogens (tertiary/aromatic N) is 3. The van der Waals surface area contributed by atoms with Crippen molar-refractivity contribution in [3.8, 4) is 0 Å². The predicted molar refractivity (Wildman–Crippen MR) is 74.5 cm³/mol. The average Bonchev–Trinajstić information content (AvgIpc) is 3.03. The Morgan fingerprint density at radius 2 is 2.18 bits per heavy atom. The van der Waals surface area contributed by atoms with Crippen LogP contribution in [0.15, 0.2) is 11.2 Å². The second-order valence-corrected chi connectivity index (χ2v) is 7.03. The number of aromatic amines is 2. The number of carbonyl (C=O) groups is 1. The summed E-state index contributed by atoms with van der Waals surface area (Å²) < 4.78 is 26.8. The van der Waals surface area contributed by atoms with Gasteiger partial charge in [0.25, 0.3) is 0 Å². The lowest BCUT2D eigenvalue weighted by atomic mass is 10.1. The van der Waals surface area contributed by atoms with Crippen LogP contribution in [0.3, 0.4) is 0 Å². The summed E-state index contributed by atoms with van der Waals surface area (Å²) in [6.07, 6.45) is 1.47. The van der Waals surface area contributed by atoms with Crippen LogP contribution in [0.4, 0.5) is 0 Å². The van der Waals surface area contributed by atoms with Gasteiger partial charge in [-0.2, -0.15) is 9.40 Å². The number of nitrogens with one attached hydrogen (secondary N) is 2. The molecule has 0 saturated carbocycles. The number of hydrogen-bond acceptors (Lipinski definition) is 5. The third-order valence-corrected chi connectivity index (χ3v) is 5.89. The molecular formula is C12H15N5O4S. The highest BCUT2D eigenvalue weighted by molar-refractivity contribution is 7.89. The maximum atomic E-state index is 12.9. The second-order valence-electron chi connectivity index (χ2n) is 5.20. The Labute approximate surface area is 126 Å². The number of fused-ring (bicyclic) bond motifs is 1. The lowest BCUT2D eigenvalue weighted by molar-refractivity contribution is -0.141. The minimum absolute atomic E-state index is 0.0294. The number of rotatable bonds is 3. The molecule has 22 heavy (non-hydrogen) atoms. The summed E-state index contributed by atoms with van der Waals surface area (Å²) >= 11 is 0. The van der Waals surface area contributed by atoms with Crippen LogP contribution in [0, 0.1) is 13.8 Å². The topological polar surface area (TPSA) is 132 Å². The van der Waals surface area contributed by atoms with Crippen LogP contribution in [0.2, 0.25) is 0 Å². The molecule has 0 aromatic carbocycles. The highest BCUT2D eigenvalue weighted by Gasteiger charge is 2.42. The Balaban J connectivity index is 2.11. The van der Waals surface area contributed by atoms with Gasteiger partial charge in [0.15, 0.2) is 0 Å². The monoisotopic (exact) mass is 325 g/mol. The van der Waals surface area contributed by atoms with E-state index in [1.165, 1.54) is 6.33 Å². The van der Waals surface area contributed by atoms with E-state index in [1.807, 2.05) is 0 Å². The molecule has 0 aliphatic carbocycles. The number of carboxylic acids is 1. The van der Waals surface area contributed by atoms with E-state index in [4.69, 9.17) is 0 Å². The number of sulfonamides is 1. The number of imidazole rings is 1. The molecule has 1 aliphatic heterocycles. The largest absolute Gasteiger partial charge is 0.480 e. The SMILES string of the molecule is Cc1n[nH]c(C)c1S(=O)(=O)N1Cc2[nH]cnc2CC1C(=O)O. The van der Waals surface area contributed by atoms with Crippen LogP contribution < -0.4 is 0 Å². The van der Waals surface area contributed by atoms with Gasteiger partial charge in [-0.1, -0.05) is 0 Å². The van der Waals surface area contributed by atoms with Crippen molar-refractivity contribution >= 4 is 16.0 Å². The first-order valence-corrected chi connectivity index (χ1v) is 8.03. The van der Waals surface area contributed by atoms with Gasteiger partial charge >= 0.3 is 5.97 Å². The second kappa shape index (κ2) is 4.92. The maximum Gasteiger partial charge on any atom is 0.322 e. The lowest BCUT2D eigenvalue weighted by Crippen LogP contribution is -2.48. The van der Waals surface area contributed by atoms with Crippen LogP contribution >= 0.6 is 0 Å². The summed E-state index contributed by atoms with van der Waals surface area (Å²) in [6, 6.07) is -1.19. The number of hydrogen-bond donors (Lipinski definition) is 3. The van der Waals surface area contributed by atoms with Crippen LogP contribution in [-0.2, 0) is 27.8 Å². The summed E-state index contributed by atoms with van der Waals surface area (Å²) in [5, 5.41) is 15.9. The number of aromatic nitrogens is 4. The molecule has 2 aromatic rings. The molecule has 0 fully saturated rings. The molecule has 3 heterocycles. The van der Waals surface area contributed by atoms with E-state index in [0.29, 0.717) is 22.8 Å². The van der Waals surface area contributed by atoms with Crippen LogP contribution in [0.5, 0.6) is 0 Å². The van der Waals surface area contributed by atoms with Gasteiger partial charge in [-0.05, 0) is 13.8 Å². The van der Waals surface area contributed by atoms with E-state index in [1.54, 1.807) is 13.8 Å². The van der Waals surface area contributed by atoms with E-state index in [9.17, 15) is 18.3 Å². The van der Waals surface area contributed by atoms with Crippen LogP contribution in [0.25, 0.3) is 0 Å². The molecule has 0 radical (unpaired) electrons. The van der Waals surface area contributed by atoms with Crippen molar-refractivity contribution in [3.63, 3.8) is 0 Å². The van der Waals surface area contributed by atoms with Crippen molar-refractivity contribution in [2.75, 3.05) is 0 Å². The first-order chi connectivity index (χ1) is 10.3. The molecule has 2 aromatic heterocycles. The van der Waals surface area contributed by atoms with E-state index < -0.39 is 22.0 Å². The molecule has 9 nitrogen and oxygen atoms in total. The zero-order valence-electron chi connectivity index (χ0n) is 12.0. The molecule has 1 aliphatic rings. The first kappa shape index (κ1) is 14.7. The first-order valence-electron chi connectivity index (χ1n) is 6.59. The lowest BCUT2D eigenvalue weighted by Gasteiger charge is -2.31. The Morgan fingerprint density at radius 3 is 2.77 bits per heavy atom. The minimum atomic E-state index is -3.98. The fourth-order valence-corrected chi connectivity index (χ4v) is 4.60. The molecule has 0 spiro atoms. The molecule has 118 valence electrons. The van der Waals surface area contributed by atoms with Gasteiger partial charge in [-0.3, -0.25) is 9.89 Å². The number of aliphatic carboxylic acids is 1. The van der Waals surface area contributed by atoms with Gasteiger partial charge in [0.2, 0.25) is 10.0 Å². The Bertz CT molecular complexity index is 818. The number of aryl methyl sites for hydroxylation is 2. The van der Waals surface area contributed by atoms with Gasteiger partial charge in [-0.25, -0.2) is 13.4 Å². The predicted octanol–water partition coefficient (Wildman–Crippen LogP) is -0.0502. The van der Waals surface area contributed by atoms with Crippen LogP contribution in [0.1, 0.15) is 22.8 Å². The van der Waals surface area contributed by atoms with Crippen molar-refractivity contribution in [3.05, 3.63) is 29.1 Å². The fourth-order valence-electron chi connectivity index (χ4n) is 2.71. The molecule has 0 amide bonds. The van der Waals surface area contributed by atoms with E-state index in [2.05, 4.69) is 20.2 Å². The molecule has 0 bridgehead atoms. The van der Waals surface area contributed by atoms with Gasteiger partial charge in [0.05, 0.1) is 35.6 Å². The van der Waals surface area contributed by atoms with Crippen LogP contribution in [-0.4, -0.2) is 50.0 Å². The summed E-state index contributed by atoms with van der Waals surface area (Å²) in [7, 11) is -3.98. The summed E-state index contributed by atoms with van der Waals surface area (Å²) in [6.45, 7) is 3.10. The number of H-pyrrole nitrogens is 2. The van der Waals surface area contributed by atoms with Gasteiger partial charge in [0, 0.05) is 6.42 Å². The highest BCUT2D eigenvalue weighted by Crippen LogP contribution is 2.29. The molecular weight excluding hydrogens is 310 g/mol. The molecule has 3 N–H and O–H groups in total. The maximum absolute atomic E-state index is 12.9. The van der Waals surface area contributed by atoms with Gasteiger partial charge < -0.3 is 10.1 Å².